The molecule has 0 aliphatic heterocycles. The predicted molar refractivity (Wildman–Crippen MR) is 93.7 cm³/mol. The van der Waals surface area contributed by atoms with Gasteiger partial charge in [-0.25, -0.2) is 4.98 Å². The molecule has 0 spiro atoms. The smallest absolute Gasteiger partial charge is 0.311 e. The molecule has 0 aliphatic carbocycles. The van der Waals surface area contributed by atoms with Crippen LogP contribution in [0.15, 0.2) is 29.6 Å². The summed E-state index contributed by atoms with van der Waals surface area (Å²) < 4.78 is 4.88. The minimum atomic E-state index is -0.291. The number of thiazole rings is 1. The Labute approximate surface area is 142 Å². The molecule has 1 aromatic carbocycles. The lowest BCUT2D eigenvalue weighted by molar-refractivity contribution is -0.142. The van der Waals surface area contributed by atoms with Crippen molar-refractivity contribution in [2.24, 2.45) is 0 Å². The molecule has 0 fully saturated rings. The Morgan fingerprint density at radius 3 is 2.77 bits per heavy atom. The van der Waals surface area contributed by atoms with E-state index in [-0.39, 0.29) is 12.4 Å². The number of esters is 1. The van der Waals surface area contributed by atoms with Gasteiger partial charge in [-0.15, -0.1) is 11.3 Å². The van der Waals surface area contributed by atoms with Gasteiger partial charge in [-0.2, -0.15) is 0 Å². The van der Waals surface area contributed by atoms with Crippen molar-refractivity contribution < 1.29 is 9.53 Å². The maximum absolute atomic E-state index is 11.4. The topological polar surface area (TPSA) is 63.2 Å². The summed E-state index contributed by atoms with van der Waals surface area (Å²) >= 11 is 12.4. The third-order valence-electron chi connectivity index (χ3n) is 2.51. The van der Waals surface area contributed by atoms with E-state index in [2.05, 4.69) is 15.6 Å². The fraction of sp³-hybridized carbons (Fsp3) is 0.214. The number of aromatic nitrogens is 1. The fourth-order valence-corrected chi connectivity index (χ4v) is 2.72. The van der Waals surface area contributed by atoms with Crippen LogP contribution in [0, 0.1) is 0 Å². The van der Waals surface area contributed by atoms with E-state index in [0.717, 1.165) is 5.69 Å². The second-order valence-electron chi connectivity index (χ2n) is 4.21. The molecule has 0 saturated heterocycles. The summed E-state index contributed by atoms with van der Waals surface area (Å²) in [5.41, 5.74) is 1.48. The molecule has 0 radical (unpaired) electrons. The number of carbonyl (C=O) groups excluding carboxylic acids is 1. The SMILES string of the molecule is CCOC(=O)Cc1csc(NC(=S)Nc2ccc(Cl)cc2)n1. The highest BCUT2D eigenvalue weighted by molar-refractivity contribution is 7.80. The number of carbonyl (C=O) groups is 1. The number of ether oxygens (including phenoxy) is 1. The number of benzene rings is 1. The summed E-state index contributed by atoms with van der Waals surface area (Å²) in [5, 5.41) is 9.49. The van der Waals surface area contributed by atoms with Crippen molar-refractivity contribution in [2.75, 3.05) is 17.2 Å². The first-order valence-corrected chi connectivity index (χ1v) is 8.17. The van der Waals surface area contributed by atoms with Gasteiger partial charge in [0, 0.05) is 16.1 Å². The largest absolute Gasteiger partial charge is 0.466 e. The van der Waals surface area contributed by atoms with E-state index >= 15 is 0 Å². The molecule has 2 N–H and O–H groups in total. The molecule has 0 bridgehead atoms. The van der Waals surface area contributed by atoms with Crippen molar-refractivity contribution in [3.8, 4) is 0 Å². The zero-order valence-electron chi connectivity index (χ0n) is 11.8. The second-order valence-corrected chi connectivity index (χ2v) is 5.91. The minimum absolute atomic E-state index is 0.156. The van der Waals surface area contributed by atoms with Gasteiger partial charge in [0.25, 0.3) is 0 Å². The maximum atomic E-state index is 11.4. The van der Waals surface area contributed by atoms with Crippen LogP contribution in [0.1, 0.15) is 12.6 Å². The van der Waals surface area contributed by atoms with E-state index in [1.165, 1.54) is 11.3 Å². The highest BCUT2D eigenvalue weighted by Crippen LogP contribution is 2.17. The first kappa shape index (κ1) is 16.7. The molecule has 0 amide bonds. The molecule has 8 heteroatoms. The van der Waals surface area contributed by atoms with Gasteiger partial charge in [-0.05, 0) is 43.4 Å². The first-order valence-electron chi connectivity index (χ1n) is 6.50. The fourth-order valence-electron chi connectivity index (χ4n) is 1.60. The summed E-state index contributed by atoms with van der Waals surface area (Å²) in [6.07, 6.45) is 0.156. The number of hydrogen-bond acceptors (Lipinski definition) is 5. The van der Waals surface area contributed by atoms with Gasteiger partial charge in [0.15, 0.2) is 10.2 Å². The van der Waals surface area contributed by atoms with Gasteiger partial charge >= 0.3 is 5.97 Å². The summed E-state index contributed by atoms with van der Waals surface area (Å²) in [7, 11) is 0. The lowest BCUT2D eigenvalue weighted by atomic mass is 10.3. The van der Waals surface area contributed by atoms with Crippen molar-refractivity contribution in [1.29, 1.82) is 0 Å². The third-order valence-corrected chi connectivity index (χ3v) is 3.77. The summed E-state index contributed by atoms with van der Waals surface area (Å²) in [5.74, 6) is -0.291. The van der Waals surface area contributed by atoms with Crippen LogP contribution in [-0.2, 0) is 16.0 Å². The molecule has 1 heterocycles. The summed E-state index contributed by atoms with van der Waals surface area (Å²) in [4.78, 5) is 15.7. The van der Waals surface area contributed by atoms with Gasteiger partial charge in [0.1, 0.15) is 0 Å². The molecule has 0 unspecified atom stereocenters. The number of halogens is 1. The van der Waals surface area contributed by atoms with Crippen LogP contribution >= 0.6 is 35.2 Å². The summed E-state index contributed by atoms with van der Waals surface area (Å²) in [6.45, 7) is 2.13. The van der Waals surface area contributed by atoms with Crippen molar-refractivity contribution in [1.82, 2.24) is 4.98 Å². The van der Waals surface area contributed by atoms with Crippen LogP contribution in [0.5, 0.6) is 0 Å². The average molecular weight is 356 g/mol. The first-order chi connectivity index (χ1) is 10.6. The lowest BCUT2D eigenvalue weighted by Crippen LogP contribution is -2.19. The standard InChI is InChI=1S/C14H14ClN3O2S2/c1-2-20-12(19)7-11-8-22-14(17-11)18-13(21)16-10-5-3-9(15)4-6-10/h3-6,8H,2,7H2,1H3,(H2,16,17,18,21). The Kier molecular flexibility index (Phi) is 6.11. The number of thiocarbonyl (C=S) groups is 1. The molecule has 0 atom stereocenters. The Hall–Kier alpha value is -1.70. The monoisotopic (exact) mass is 355 g/mol. The van der Waals surface area contributed by atoms with Gasteiger partial charge < -0.3 is 15.4 Å². The molecule has 2 aromatic rings. The van der Waals surface area contributed by atoms with E-state index in [4.69, 9.17) is 28.6 Å². The Morgan fingerprint density at radius 2 is 2.09 bits per heavy atom. The van der Waals surface area contributed by atoms with Gasteiger partial charge in [0.05, 0.1) is 18.7 Å². The van der Waals surface area contributed by atoms with E-state index in [0.29, 0.717) is 27.6 Å². The third kappa shape index (κ3) is 5.25. The molecule has 22 heavy (non-hydrogen) atoms. The van der Waals surface area contributed by atoms with E-state index in [1.54, 1.807) is 24.4 Å². The van der Waals surface area contributed by atoms with E-state index in [9.17, 15) is 4.79 Å². The van der Waals surface area contributed by atoms with E-state index < -0.39 is 0 Å². The second kappa shape index (κ2) is 8.07. The highest BCUT2D eigenvalue weighted by atomic mass is 35.5. The van der Waals surface area contributed by atoms with E-state index in [1.807, 2.05) is 12.1 Å². The van der Waals surface area contributed by atoms with Crippen molar-refractivity contribution in [3.05, 3.63) is 40.4 Å². The zero-order valence-corrected chi connectivity index (χ0v) is 14.1. The zero-order chi connectivity index (χ0) is 15.9. The van der Waals surface area contributed by atoms with Crippen molar-refractivity contribution >= 4 is 57.1 Å². The quantitative estimate of drug-likeness (QED) is 0.629. The Balaban J connectivity index is 1.88. The highest BCUT2D eigenvalue weighted by Gasteiger charge is 2.09. The van der Waals surface area contributed by atoms with Gasteiger partial charge in [-0.3, -0.25) is 4.79 Å². The maximum Gasteiger partial charge on any atom is 0.311 e. The molecule has 116 valence electrons. The molecule has 0 saturated carbocycles. The molecular weight excluding hydrogens is 342 g/mol. The number of hydrogen-bond donors (Lipinski definition) is 2. The van der Waals surface area contributed by atoms with Crippen molar-refractivity contribution in [2.45, 2.75) is 13.3 Å². The minimum Gasteiger partial charge on any atom is -0.466 e. The number of nitrogens with zero attached hydrogens (tertiary/aromatic N) is 1. The lowest BCUT2D eigenvalue weighted by Gasteiger charge is -2.08. The molecule has 1 aromatic heterocycles. The van der Waals surface area contributed by atoms with Gasteiger partial charge in [0.2, 0.25) is 0 Å². The normalized spacial score (nSPS) is 10.1. The van der Waals surface area contributed by atoms with Crippen LogP contribution < -0.4 is 10.6 Å². The molecule has 2 rings (SSSR count). The van der Waals surface area contributed by atoms with Crippen LogP contribution in [0.2, 0.25) is 5.02 Å². The number of anilines is 2. The van der Waals surface area contributed by atoms with Crippen molar-refractivity contribution in [3.63, 3.8) is 0 Å². The molecule has 0 aliphatic rings. The number of rotatable bonds is 5. The van der Waals surface area contributed by atoms with Gasteiger partial charge in [-0.1, -0.05) is 11.6 Å². The Morgan fingerprint density at radius 1 is 1.36 bits per heavy atom. The molecule has 5 nitrogen and oxygen atoms in total. The number of nitrogens with one attached hydrogen (secondary N) is 2. The van der Waals surface area contributed by atoms with Crippen LogP contribution in [0.4, 0.5) is 10.8 Å². The van der Waals surface area contributed by atoms with Crippen LogP contribution in [0.25, 0.3) is 0 Å². The van der Waals surface area contributed by atoms with Crippen LogP contribution in [-0.4, -0.2) is 22.7 Å². The predicted octanol–water partition coefficient (Wildman–Crippen LogP) is 3.71. The Bertz CT molecular complexity index is 658. The van der Waals surface area contributed by atoms with Crippen LogP contribution in [0.3, 0.4) is 0 Å². The average Bonchev–Trinajstić information content (AvgIpc) is 2.88. The molecular formula is C14H14ClN3O2S2. The summed E-state index contributed by atoms with van der Waals surface area (Å²) in [6, 6.07) is 7.19.